The van der Waals surface area contributed by atoms with Crippen molar-refractivity contribution < 1.29 is 18.4 Å². The molecule has 0 radical (unpaired) electrons. The Balaban J connectivity index is 1.81. The number of rotatable bonds is 6. The maximum absolute atomic E-state index is 5.37. The molecule has 2 aromatic heterocycles. The van der Waals surface area contributed by atoms with Crippen LogP contribution in [0.2, 0.25) is 0 Å². The molecule has 0 spiro atoms. The van der Waals surface area contributed by atoms with Crippen LogP contribution in [0.1, 0.15) is 5.76 Å². The molecule has 7 heteroatoms. The number of nitrogens with one attached hydrogen (secondary N) is 1. The number of aromatic nitrogens is 2. The molecule has 7 nitrogen and oxygen atoms in total. The average molecular weight is 301 g/mol. The molecule has 2 heterocycles. The van der Waals surface area contributed by atoms with Crippen LogP contribution in [0.3, 0.4) is 0 Å². The van der Waals surface area contributed by atoms with E-state index in [1.807, 2.05) is 24.3 Å². The number of methoxy groups -OCH3 is 2. The van der Waals surface area contributed by atoms with Crippen LogP contribution in [0, 0.1) is 0 Å². The molecule has 0 aliphatic heterocycles. The molecule has 0 unspecified atom stereocenters. The minimum absolute atomic E-state index is 0.302. The molecule has 0 aliphatic carbocycles. The molecule has 1 aromatic carbocycles. The van der Waals surface area contributed by atoms with Gasteiger partial charge in [0, 0.05) is 0 Å². The van der Waals surface area contributed by atoms with Gasteiger partial charge in [0.15, 0.2) is 11.5 Å². The lowest BCUT2D eigenvalue weighted by molar-refractivity contribution is 0.355. The molecule has 1 N–H and O–H groups in total. The predicted molar refractivity (Wildman–Crippen MR) is 78.9 cm³/mol. The quantitative estimate of drug-likeness (QED) is 0.749. The number of ether oxygens (including phenoxy) is 2. The standard InChI is InChI=1S/C15H15N3O4/c1-19-12-7-3-6-11(13(12)20-2)14-17-15(22-18-14)16-9-10-5-4-8-21-10/h3-8H,9H2,1-2H3,(H,16,17,18). The molecular formula is C15H15N3O4. The van der Waals surface area contributed by atoms with Crippen LogP contribution in [0.25, 0.3) is 11.4 Å². The van der Waals surface area contributed by atoms with Crippen molar-refractivity contribution in [3.63, 3.8) is 0 Å². The van der Waals surface area contributed by atoms with Gasteiger partial charge in [0.2, 0.25) is 5.82 Å². The number of benzene rings is 1. The van der Waals surface area contributed by atoms with Crippen molar-refractivity contribution in [2.24, 2.45) is 0 Å². The molecule has 0 aliphatic rings. The highest BCUT2D eigenvalue weighted by atomic mass is 16.5. The maximum atomic E-state index is 5.37. The van der Waals surface area contributed by atoms with Gasteiger partial charge < -0.3 is 23.7 Å². The fourth-order valence-corrected chi connectivity index (χ4v) is 2.04. The Morgan fingerprint density at radius 1 is 1.14 bits per heavy atom. The second kappa shape index (κ2) is 6.21. The van der Waals surface area contributed by atoms with E-state index in [-0.39, 0.29) is 0 Å². The van der Waals surface area contributed by atoms with Crippen molar-refractivity contribution in [1.29, 1.82) is 0 Å². The zero-order valence-electron chi connectivity index (χ0n) is 12.2. The van der Waals surface area contributed by atoms with Gasteiger partial charge in [-0.1, -0.05) is 11.2 Å². The topological polar surface area (TPSA) is 82.6 Å². The summed E-state index contributed by atoms with van der Waals surface area (Å²) in [4.78, 5) is 4.30. The van der Waals surface area contributed by atoms with Crippen molar-refractivity contribution in [3.8, 4) is 22.9 Å². The van der Waals surface area contributed by atoms with Gasteiger partial charge in [-0.3, -0.25) is 0 Å². The number of para-hydroxylation sites is 1. The Bertz CT molecular complexity index is 737. The lowest BCUT2D eigenvalue weighted by Gasteiger charge is -2.09. The monoisotopic (exact) mass is 301 g/mol. The Morgan fingerprint density at radius 3 is 2.77 bits per heavy atom. The lowest BCUT2D eigenvalue weighted by Crippen LogP contribution is -1.98. The van der Waals surface area contributed by atoms with Crippen LogP contribution in [0.4, 0.5) is 6.01 Å². The third kappa shape index (κ3) is 2.73. The Labute approximate surface area is 126 Å². The van der Waals surface area contributed by atoms with Crippen molar-refractivity contribution in [1.82, 2.24) is 10.1 Å². The van der Waals surface area contributed by atoms with Gasteiger partial charge in [0.1, 0.15) is 5.76 Å². The zero-order valence-corrected chi connectivity index (χ0v) is 12.2. The highest BCUT2D eigenvalue weighted by Gasteiger charge is 2.16. The van der Waals surface area contributed by atoms with Crippen molar-refractivity contribution in [3.05, 3.63) is 42.4 Å². The maximum Gasteiger partial charge on any atom is 0.322 e. The van der Waals surface area contributed by atoms with Crippen LogP contribution in [0.5, 0.6) is 11.5 Å². The summed E-state index contributed by atoms with van der Waals surface area (Å²) >= 11 is 0. The smallest absolute Gasteiger partial charge is 0.322 e. The van der Waals surface area contributed by atoms with Crippen LogP contribution in [0.15, 0.2) is 45.5 Å². The zero-order chi connectivity index (χ0) is 15.4. The first-order valence-electron chi connectivity index (χ1n) is 6.63. The van der Waals surface area contributed by atoms with E-state index in [0.717, 1.165) is 5.76 Å². The Kier molecular flexibility index (Phi) is 3.95. The second-order valence-corrected chi connectivity index (χ2v) is 4.40. The number of furan rings is 1. The van der Waals surface area contributed by atoms with Crippen molar-refractivity contribution >= 4 is 6.01 Å². The summed E-state index contributed by atoms with van der Waals surface area (Å²) in [7, 11) is 3.14. The number of hydrogen-bond donors (Lipinski definition) is 1. The van der Waals surface area contributed by atoms with Gasteiger partial charge >= 0.3 is 6.01 Å². The summed E-state index contributed by atoms with van der Waals surface area (Å²) in [5.74, 6) is 2.36. The van der Waals surface area contributed by atoms with Crippen LogP contribution < -0.4 is 14.8 Å². The summed E-state index contributed by atoms with van der Waals surface area (Å²) in [5.41, 5.74) is 0.691. The summed E-state index contributed by atoms with van der Waals surface area (Å²) in [6.45, 7) is 0.462. The van der Waals surface area contributed by atoms with Crippen LogP contribution in [-0.4, -0.2) is 24.4 Å². The number of hydrogen-bond acceptors (Lipinski definition) is 7. The predicted octanol–water partition coefficient (Wildman–Crippen LogP) is 2.96. The van der Waals surface area contributed by atoms with Gasteiger partial charge in [0.25, 0.3) is 0 Å². The number of anilines is 1. The highest BCUT2D eigenvalue weighted by Crippen LogP contribution is 2.36. The third-order valence-corrected chi connectivity index (χ3v) is 3.06. The van der Waals surface area contributed by atoms with Crippen molar-refractivity contribution in [2.45, 2.75) is 6.54 Å². The van der Waals surface area contributed by atoms with Gasteiger partial charge in [-0.15, -0.1) is 0 Å². The lowest BCUT2D eigenvalue weighted by atomic mass is 10.2. The molecule has 114 valence electrons. The first-order chi connectivity index (χ1) is 10.8. The molecule has 22 heavy (non-hydrogen) atoms. The van der Waals surface area contributed by atoms with Gasteiger partial charge in [-0.2, -0.15) is 4.98 Å². The van der Waals surface area contributed by atoms with E-state index < -0.39 is 0 Å². The molecular weight excluding hydrogens is 286 g/mol. The molecule has 0 fully saturated rings. The molecule has 3 rings (SSSR count). The Morgan fingerprint density at radius 2 is 2.05 bits per heavy atom. The summed E-state index contributed by atoms with van der Waals surface area (Å²) in [5, 5.41) is 6.95. The first-order valence-corrected chi connectivity index (χ1v) is 6.63. The Hall–Kier alpha value is -2.96. The average Bonchev–Trinajstić information content (AvgIpc) is 3.23. The van der Waals surface area contributed by atoms with Gasteiger partial charge in [0.05, 0.1) is 32.6 Å². The van der Waals surface area contributed by atoms with Gasteiger partial charge in [-0.05, 0) is 24.3 Å². The van der Waals surface area contributed by atoms with Crippen LogP contribution >= 0.6 is 0 Å². The van der Waals surface area contributed by atoms with E-state index in [9.17, 15) is 0 Å². The van der Waals surface area contributed by atoms with Gasteiger partial charge in [-0.25, -0.2) is 0 Å². The van der Waals surface area contributed by atoms with E-state index in [1.54, 1.807) is 26.5 Å². The van der Waals surface area contributed by atoms with E-state index in [4.69, 9.17) is 18.4 Å². The van der Waals surface area contributed by atoms with Crippen molar-refractivity contribution in [2.75, 3.05) is 19.5 Å². The molecule has 0 bridgehead atoms. The summed E-state index contributed by atoms with van der Waals surface area (Å²) < 4.78 is 21.0. The molecule has 0 amide bonds. The first kappa shape index (κ1) is 14.0. The summed E-state index contributed by atoms with van der Waals surface area (Å²) in [6.07, 6.45) is 1.61. The third-order valence-electron chi connectivity index (χ3n) is 3.06. The minimum atomic E-state index is 0.302. The van der Waals surface area contributed by atoms with E-state index in [2.05, 4.69) is 15.5 Å². The number of nitrogens with zero attached hydrogens (tertiary/aromatic N) is 2. The fourth-order valence-electron chi connectivity index (χ4n) is 2.04. The summed E-state index contributed by atoms with van der Waals surface area (Å²) in [6, 6.07) is 9.45. The van der Waals surface area contributed by atoms with E-state index in [1.165, 1.54) is 0 Å². The largest absolute Gasteiger partial charge is 0.493 e. The van der Waals surface area contributed by atoms with E-state index >= 15 is 0 Å². The fraction of sp³-hybridized carbons (Fsp3) is 0.200. The van der Waals surface area contributed by atoms with E-state index in [0.29, 0.717) is 35.4 Å². The normalized spacial score (nSPS) is 10.5. The molecule has 0 atom stereocenters. The highest BCUT2D eigenvalue weighted by molar-refractivity contribution is 5.68. The molecule has 0 saturated carbocycles. The SMILES string of the molecule is COc1cccc(-c2noc(NCc3ccco3)n2)c1OC. The van der Waals surface area contributed by atoms with Crippen LogP contribution in [-0.2, 0) is 6.54 Å². The molecule has 3 aromatic rings. The minimum Gasteiger partial charge on any atom is -0.493 e. The second-order valence-electron chi connectivity index (χ2n) is 4.40. The molecule has 0 saturated heterocycles.